The first kappa shape index (κ1) is 13.6. The maximum atomic E-state index is 5.74. The van der Waals surface area contributed by atoms with Crippen LogP contribution in [0, 0.1) is 13.8 Å². The van der Waals surface area contributed by atoms with E-state index >= 15 is 0 Å². The van der Waals surface area contributed by atoms with E-state index in [0.717, 1.165) is 19.5 Å². The molecule has 2 heteroatoms. The van der Waals surface area contributed by atoms with Gasteiger partial charge in [-0.05, 0) is 57.3 Å². The average molecular weight is 246 g/mol. The van der Waals surface area contributed by atoms with Crippen LogP contribution in [0.25, 0.3) is 0 Å². The summed E-state index contributed by atoms with van der Waals surface area (Å²) in [7, 11) is 0. The molecule has 0 aromatic heterocycles. The highest BCUT2D eigenvalue weighted by molar-refractivity contribution is 5.30. The molecule has 1 atom stereocenters. The predicted molar refractivity (Wildman–Crippen MR) is 77.6 cm³/mol. The Labute approximate surface area is 111 Å². The molecule has 0 aliphatic carbocycles. The van der Waals surface area contributed by atoms with Crippen molar-refractivity contribution in [1.29, 1.82) is 0 Å². The zero-order valence-electron chi connectivity index (χ0n) is 11.8. The van der Waals surface area contributed by atoms with E-state index in [1.165, 1.54) is 42.5 Å². The summed E-state index contributed by atoms with van der Waals surface area (Å²) in [5, 5.41) is 0. The van der Waals surface area contributed by atoms with Crippen molar-refractivity contribution >= 4 is 0 Å². The van der Waals surface area contributed by atoms with Crippen LogP contribution in [0.4, 0.5) is 0 Å². The van der Waals surface area contributed by atoms with Crippen molar-refractivity contribution in [3.63, 3.8) is 0 Å². The number of nitrogens with zero attached hydrogens (tertiary/aromatic N) is 1. The second kappa shape index (κ2) is 6.35. The second-order valence-electron chi connectivity index (χ2n) is 5.63. The lowest BCUT2D eigenvalue weighted by molar-refractivity contribution is 0.134. The molecule has 2 N–H and O–H groups in total. The fourth-order valence-corrected chi connectivity index (χ4v) is 3.03. The highest BCUT2D eigenvalue weighted by atomic mass is 15.2. The Balaban J connectivity index is 2.06. The SMILES string of the molecule is Cc1ccc(CN2CCCCC2CCN)c(C)c1. The Morgan fingerprint density at radius 3 is 2.83 bits per heavy atom. The largest absolute Gasteiger partial charge is 0.330 e. The summed E-state index contributed by atoms with van der Waals surface area (Å²) in [4.78, 5) is 2.63. The lowest BCUT2D eigenvalue weighted by Crippen LogP contribution is -2.40. The third-order valence-electron chi connectivity index (χ3n) is 4.12. The van der Waals surface area contributed by atoms with Crippen LogP contribution in [0.5, 0.6) is 0 Å². The number of benzene rings is 1. The van der Waals surface area contributed by atoms with Gasteiger partial charge in [0.2, 0.25) is 0 Å². The number of hydrogen-bond acceptors (Lipinski definition) is 2. The highest BCUT2D eigenvalue weighted by Crippen LogP contribution is 2.23. The monoisotopic (exact) mass is 246 g/mol. The van der Waals surface area contributed by atoms with Crippen LogP contribution >= 0.6 is 0 Å². The molecule has 0 bridgehead atoms. The van der Waals surface area contributed by atoms with Gasteiger partial charge in [-0.1, -0.05) is 30.2 Å². The van der Waals surface area contributed by atoms with Crippen molar-refractivity contribution in [3.05, 3.63) is 34.9 Å². The molecule has 100 valence electrons. The van der Waals surface area contributed by atoms with E-state index in [1.54, 1.807) is 0 Å². The molecule has 1 aliphatic heterocycles. The molecule has 1 aromatic carbocycles. The number of nitrogens with two attached hydrogens (primary N) is 1. The van der Waals surface area contributed by atoms with Crippen LogP contribution in [0.1, 0.15) is 42.4 Å². The Morgan fingerprint density at radius 1 is 1.28 bits per heavy atom. The van der Waals surface area contributed by atoms with Crippen LogP contribution in [0.3, 0.4) is 0 Å². The van der Waals surface area contributed by atoms with Crippen LogP contribution in [-0.4, -0.2) is 24.0 Å². The van der Waals surface area contributed by atoms with Gasteiger partial charge < -0.3 is 5.73 Å². The summed E-state index contributed by atoms with van der Waals surface area (Å²) in [6, 6.07) is 7.50. The molecule has 1 saturated heterocycles. The van der Waals surface area contributed by atoms with E-state index in [9.17, 15) is 0 Å². The van der Waals surface area contributed by atoms with Gasteiger partial charge in [0.15, 0.2) is 0 Å². The van der Waals surface area contributed by atoms with Gasteiger partial charge in [-0.15, -0.1) is 0 Å². The van der Waals surface area contributed by atoms with Crippen LogP contribution in [0.15, 0.2) is 18.2 Å². The third-order valence-corrected chi connectivity index (χ3v) is 4.12. The smallest absolute Gasteiger partial charge is 0.0239 e. The normalized spacial score (nSPS) is 21.2. The van der Waals surface area contributed by atoms with E-state index < -0.39 is 0 Å². The number of piperidine rings is 1. The van der Waals surface area contributed by atoms with Gasteiger partial charge in [0.05, 0.1) is 0 Å². The van der Waals surface area contributed by atoms with Gasteiger partial charge >= 0.3 is 0 Å². The Kier molecular flexibility index (Phi) is 4.79. The first-order chi connectivity index (χ1) is 8.70. The fraction of sp³-hybridized carbons (Fsp3) is 0.625. The molecule has 1 heterocycles. The Hall–Kier alpha value is -0.860. The molecule has 0 spiro atoms. The minimum Gasteiger partial charge on any atom is -0.330 e. The van der Waals surface area contributed by atoms with E-state index in [-0.39, 0.29) is 0 Å². The van der Waals surface area contributed by atoms with Gasteiger partial charge in [0.1, 0.15) is 0 Å². The summed E-state index contributed by atoms with van der Waals surface area (Å²) in [6.45, 7) is 7.53. The van der Waals surface area contributed by atoms with Gasteiger partial charge in [0.25, 0.3) is 0 Å². The number of rotatable bonds is 4. The summed E-state index contributed by atoms with van der Waals surface area (Å²) < 4.78 is 0. The van der Waals surface area contributed by atoms with Gasteiger partial charge in [-0.3, -0.25) is 4.90 Å². The summed E-state index contributed by atoms with van der Waals surface area (Å²) in [5.74, 6) is 0. The molecule has 2 nitrogen and oxygen atoms in total. The Morgan fingerprint density at radius 2 is 2.11 bits per heavy atom. The maximum Gasteiger partial charge on any atom is 0.0239 e. The number of aryl methyl sites for hydroxylation is 2. The minimum absolute atomic E-state index is 0.699. The van der Waals surface area contributed by atoms with Crippen LogP contribution in [0.2, 0.25) is 0 Å². The second-order valence-corrected chi connectivity index (χ2v) is 5.63. The van der Waals surface area contributed by atoms with Crippen molar-refractivity contribution in [2.24, 2.45) is 5.73 Å². The molecule has 1 aliphatic rings. The van der Waals surface area contributed by atoms with Crippen molar-refractivity contribution in [3.8, 4) is 0 Å². The molecule has 18 heavy (non-hydrogen) atoms. The fourth-order valence-electron chi connectivity index (χ4n) is 3.03. The lowest BCUT2D eigenvalue weighted by atomic mass is 9.97. The van der Waals surface area contributed by atoms with Gasteiger partial charge in [0, 0.05) is 12.6 Å². The average Bonchev–Trinajstić information content (AvgIpc) is 2.35. The van der Waals surface area contributed by atoms with Crippen molar-refractivity contribution in [1.82, 2.24) is 4.90 Å². The van der Waals surface area contributed by atoms with E-state index in [4.69, 9.17) is 5.73 Å². The summed E-state index contributed by atoms with van der Waals surface area (Å²) in [6.07, 6.45) is 5.17. The van der Waals surface area contributed by atoms with Gasteiger partial charge in [-0.2, -0.15) is 0 Å². The van der Waals surface area contributed by atoms with Crippen LogP contribution in [-0.2, 0) is 6.54 Å². The molecule has 1 unspecified atom stereocenters. The quantitative estimate of drug-likeness (QED) is 0.885. The molecular weight excluding hydrogens is 220 g/mol. The molecule has 1 aromatic rings. The maximum absolute atomic E-state index is 5.74. The minimum atomic E-state index is 0.699. The highest BCUT2D eigenvalue weighted by Gasteiger charge is 2.21. The third kappa shape index (κ3) is 3.33. The topological polar surface area (TPSA) is 29.3 Å². The summed E-state index contributed by atoms with van der Waals surface area (Å²) in [5.41, 5.74) is 9.99. The number of hydrogen-bond donors (Lipinski definition) is 1. The van der Waals surface area contributed by atoms with E-state index in [1.807, 2.05) is 0 Å². The molecule has 1 fully saturated rings. The zero-order chi connectivity index (χ0) is 13.0. The van der Waals surface area contributed by atoms with Crippen molar-refractivity contribution in [2.45, 2.75) is 52.1 Å². The number of likely N-dealkylation sites (tertiary alicyclic amines) is 1. The van der Waals surface area contributed by atoms with Crippen molar-refractivity contribution < 1.29 is 0 Å². The van der Waals surface area contributed by atoms with Gasteiger partial charge in [-0.25, -0.2) is 0 Å². The first-order valence-electron chi connectivity index (χ1n) is 7.21. The zero-order valence-corrected chi connectivity index (χ0v) is 11.8. The lowest BCUT2D eigenvalue weighted by Gasteiger charge is -2.36. The molecule has 2 rings (SSSR count). The van der Waals surface area contributed by atoms with Crippen LogP contribution < -0.4 is 5.73 Å². The molecular formula is C16H26N2. The Bertz CT molecular complexity index is 385. The molecule has 0 saturated carbocycles. The summed E-state index contributed by atoms with van der Waals surface area (Å²) >= 11 is 0. The standard InChI is InChI=1S/C16H26N2/c1-13-6-7-15(14(2)11-13)12-18-10-4-3-5-16(18)8-9-17/h6-7,11,16H,3-5,8-10,12,17H2,1-2H3. The van der Waals surface area contributed by atoms with Crippen molar-refractivity contribution in [2.75, 3.05) is 13.1 Å². The molecule has 0 radical (unpaired) electrons. The van der Waals surface area contributed by atoms with E-state index in [2.05, 4.69) is 36.9 Å². The van der Waals surface area contributed by atoms with E-state index in [0.29, 0.717) is 6.04 Å². The first-order valence-corrected chi connectivity index (χ1v) is 7.21. The predicted octanol–water partition coefficient (Wildman–Crippen LogP) is 3.01. The molecule has 0 amide bonds.